The van der Waals surface area contributed by atoms with E-state index >= 15 is 0 Å². The summed E-state index contributed by atoms with van der Waals surface area (Å²) in [5, 5.41) is 0. The Hall–Kier alpha value is -1.75. The predicted octanol–water partition coefficient (Wildman–Crippen LogP) is 1.77. The number of para-hydroxylation sites is 2. The predicted molar refractivity (Wildman–Crippen MR) is 82.9 cm³/mol. The number of piperazine rings is 1. The zero-order chi connectivity index (χ0) is 15.1. The molecule has 0 amide bonds. The number of rotatable bonds is 6. The van der Waals surface area contributed by atoms with Crippen LogP contribution in [0.1, 0.15) is 12.8 Å². The van der Waals surface area contributed by atoms with Gasteiger partial charge < -0.3 is 14.4 Å². The fourth-order valence-electron chi connectivity index (χ4n) is 2.65. The van der Waals surface area contributed by atoms with Crippen molar-refractivity contribution in [2.24, 2.45) is 0 Å². The number of ether oxygens (including phenoxy) is 2. The molecule has 1 aliphatic rings. The van der Waals surface area contributed by atoms with Gasteiger partial charge in [0.2, 0.25) is 0 Å². The molecule has 1 saturated heterocycles. The van der Waals surface area contributed by atoms with Crippen LogP contribution in [0.5, 0.6) is 5.75 Å². The maximum atomic E-state index is 11.1. The standard InChI is InChI=1S/C16H24N2O3/c1-20-15-7-4-3-6-14(15)18-12-10-17(11-13-18)9-5-8-16(19)21-2/h3-4,6-7H,5,8-13H2,1-2H3. The molecule has 0 atom stereocenters. The minimum Gasteiger partial charge on any atom is -0.495 e. The molecule has 1 heterocycles. The van der Waals surface area contributed by atoms with Gasteiger partial charge in [-0.05, 0) is 25.1 Å². The van der Waals surface area contributed by atoms with Gasteiger partial charge in [0, 0.05) is 32.6 Å². The van der Waals surface area contributed by atoms with Gasteiger partial charge in [-0.25, -0.2) is 0 Å². The highest BCUT2D eigenvalue weighted by Crippen LogP contribution is 2.28. The first-order chi connectivity index (χ1) is 10.2. The Kier molecular flexibility index (Phi) is 5.87. The van der Waals surface area contributed by atoms with E-state index in [2.05, 4.69) is 20.6 Å². The van der Waals surface area contributed by atoms with Crippen LogP contribution in [0.2, 0.25) is 0 Å². The third-order valence-electron chi connectivity index (χ3n) is 3.88. The van der Waals surface area contributed by atoms with Gasteiger partial charge in [0.1, 0.15) is 5.75 Å². The molecular formula is C16H24N2O3. The molecule has 1 aromatic carbocycles. The van der Waals surface area contributed by atoms with E-state index in [0.717, 1.165) is 50.6 Å². The van der Waals surface area contributed by atoms with Crippen LogP contribution in [0.25, 0.3) is 0 Å². The molecule has 0 N–H and O–H groups in total. The van der Waals surface area contributed by atoms with Crippen molar-refractivity contribution >= 4 is 11.7 Å². The molecule has 0 unspecified atom stereocenters. The highest BCUT2D eigenvalue weighted by molar-refractivity contribution is 5.69. The van der Waals surface area contributed by atoms with Crippen molar-refractivity contribution in [3.05, 3.63) is 24.3 Å². The third kappa shape index (κ3) is 4.36. The van der Waals surface area contributed by atoms with Crippen molar-refractivity contribution < 1.29 is 14.3 Å². The topological polar surface area (TPSA) is 42.0 Å². The number of anilines is 1. The summed E-state index contributed by atoms with van der Waals surface area (Å²) in [4.78, 5) is 15.9. The maximum absolute atomic E-state index is 11.1. The lowest BCUT2D eigenvalue weighted by molar-refractivity contribution is -0.140. The molecule has 1 fully saturated rings. The van der Waals surface area contributed by atoms with E-state index < -0.39 is 0 Å². The molecule has 0 bridgehead atoms. The number of methoxy groups -OCH3 is 2. The van der Waals surface area contributed by atoms with Crippen molar-refractivity contribution in [1.29, 1.82) is 0 Å². The maximum Gasteiger partial charge on any atom is 0.305 e. The van der Waals surface area contributed by atoms with Crippen LogP contribution in [0.15, 0.2) is 24.3 Å². The summed E-state index contributed by atoms with van der Waals surface area (Å²) in [6.07, 6.45) is 1.37. The zero-order valence-electron chi connectivity index (χ0n) is 12.9. The highest BCUT2D eigenvalue weighted by atomic mass is 16.5. The molecule has 5 nitrogen and oxygen atoms in total. The summed E-state index contributed by atoms with van der Waals surface area (Å²) < 4.78 is 10.1. The summed E-state index contributed by atoms with van der Waals surface area (Å²) in [5.41, 5.74) is 1.16. The average molecular weight is 292 g/mol. The van der Waals surface area contributed by atoms with Crippen molar-refractivity contribution in [2.45, 2.75) is 12.8 Å². The second kappa shape index (κ2) is 7.88. The molecule has 0 aromatic heterocycles. The first-order valence-corrected chi connectivity index (χ1v) is 7.41. The Morgan fingerprint density at radius 3 is 2.52 bits per heavy atom. The lowest BCUT2D eigenvalue weighted by Gasteiger charge is -2.36. The number of nitrogens with zero attached hydrogens (tertiary/aromatic N) is 2. The van der Waals surface area contributed by atoms with Crippen LogP contribution in [-0.4, -0.2) is 57.8 Å². The average Bonchev–Trinajstić information content (AvgIpc) is 2.55. The van der Waals surface area contributed by atoms with Crippen LogP contribution in [0.3, 0.4) is 0 Å². The molecule has 1 aliphatic heterocycles. The molecular weight excluding hydrogens is 268 g/mol. The minimum atomic E-state index is -0.123. The van der Waals surface area contributed by atoms with E-state index in [9.17, 15) is 4.79 Å². The fourth-order valence-corrected chi connectivity index (χ4v) is 2.65. The monoisotopic (exact) mass is 292 g/mol. The molecule has 0 saturated carbocycles. The first-order valence-electron chi connectivity index (χ1n) is 7.41. The number of benzene rings is 1. The Balaban J connectivity index is 1.79. The summed E-state index contributed by atoms with van der Waals surface area (Å²) in [6.45, 7) is 4.95. The van der Waals surface area contributed by atoms with Crippen LogP contribution in [0.4, 0.5) is 5.69 Å². The molecule has 0 aliphatic carbocycles. The Morgan fingerprint density at radius 2 is 1.86 bits per heavy atom. The second-order valence-corrected chi connectivity index (χ2v) is 5.18. The summed E-state index contributed by atoms with van der Waals surface area (Å²) in [5.74, 6) is 0.805. The molecule has 21 heavy (non-hydrogen) atoms. The Bertz CT molecular complexity index is 457. The van der Waals surface area contributed by atoms with Gasteiger partial charge >= 0.3 is 5.97 Å². The number of carbonyl (C=O) groups is 1. The number of hydrogen-bond donors (Lipinski definition) is 0. The first kappa shape index (κ1) is 15.6. The van der Waals surface area contributed by atoms with Gasteiger partial charge in [0.05, 0.1) is 19.9 Å². The largest absolute Gasteiger partial charge is 0.495 e. The van der Waals surface area contributed by atoms with Crippen LogP contribution < -0.4 is 9.64 Å². The Morgan fingerprint density at radius 1 is 1.14 bits per heavy atom. The Labute approximate surface area is 126 Å². The smallest absolute Gasteiger partial charge is 0.305 e. The van der Waals surface area contributed by atoms with E-state index in [1.165, 1.54) is 7.11 Å². The van der Waals surface area contributed by atoms with Crippen molar-refractivity contribution in [3.8, 4) is 5.75 Å². The lowest BCUT2D eigenvalue weighted by atomic mass is 10.2. The van der Waals surface area contributed by atoms with Gasteiger partial charge in [-0.2, -0.15) is 0 Å². The van der Waals surface area contributed by atoms with E-state index in [1.807, 2.05) is 18.2 Å². The van der Waals surface area contributed by atoms with Crippen LogP contribution >= 0.6 is 0 Å². The second-order valence-electron chi connectivity index (χ2n) is 5.18. The third-order valence-corrected chi connectivity index (χ3v) is 3.88. The van der Waals surface area contributed by atoms with Crippen molar-refractivity contribution in [2.75, 3.05) is 51.8 Å². The van der Waals surface area contributed by atoms with Gasteiger partial charge in [0.25, 0.3) is 0 Å². The summed E-state index contributed by atoms with van der Waals surface area (Å²) >= 11 is 0. The molecule has 5 heteroatoms. The van der Waals surface area contributed by atoms with Crippen molar-refractivity contribution in [1.82, 2.24) is 4.90 Å². The summed E-state index contributed by atoms with van der Waals surface area (Å²) in [6, 6.07) is 8.13. The van der Waals surface area contributed by atoms with Gasteiger partial charge in [-0.15, -0.1) is 0 Å². The SMILES string of the molecule is COC(=O)CCCN1CCN(c2ccccc2OC)CC1. The number of esters is 1. The van der Waals surface area contributed by atoms with Crippen LogP contribution in [-0.2, 0) is 9.53 Å². The van der Waals surface area contributed by atoms with Gasteiger partial charge in [-0.1, -0.05) is 12.1 Å². The van der Waals surface area contributed by atoms with Gasteiger partial charge in [0.15, 0.2) is 0 Å². The van der Waals surface area contributed by atoms with Crippen LogP contribution in [0, 0.1) is 0 Å². The van der Waals surface area contributed by atoms with E-state index in [4.69, 9.17) is 4.74 Å². The zero-order valence-corrected chi connectivity index (χ0v) is 12.9. The fraction of sp³-hybridized carbons (Fsp3) is 0.562. The van der Waals surface area contributed by atoms with E-state index in [1.54, 1.807) is 7.11 Å². The molecule has 2 rings (SSSR count). The molecule has 1 aromatic rings. The minimum absolute atomic E-state index is 0.123. The highest BCUT2D eigenvalue weighted by Gasteiger charge is 2.19. The quantitative estimate of drug-likeness (QED) is 0.748. The number of carbonyl (C=O) groups excluding carboxylic acids is 1. The lowest BCUT2D eigenvalue weighted by Crippen LogP contribution is -2.46. The van der Waals surface area contributed by atoms with E-state index in [0.29, 0.717) is 6.42 Å². The van der Waals surface area contributed by atoms with Crippen molar-refractivity contribution in [3.63, 3.8) is 0 Å². The normalized spacial score (nSPS) is 15.8. The number of hydrogen-bond acceptors (Lipinski definition) is 5. The molecule has 0 spiro atoms. The summed E-state index contributed by atoms with van der Waals surface area (Å²) in [7, 11) is 3.15. The van der Waals surface area contributed by atoms with Gasteiger partial charge in [-0.3, -0.25) is 9.69 Å². The van der Waals surface area contributed by atoms with E-state index in [-0.39, 0.29) is 5.97 Å². The molecule has 116 valence electrons. The molecule has 0 radical (unpaired) electrons.